The van der Waals surface area contributed by atoms with Gasteiger partial charge in [0, 0.05) is 22.7 Å². The zero-order chi connectivity index (χ0) is 20.6. The molecule has 4 rings (SSSR count). The maximum Gasteiger partial charge on any atom is 0.416 e. The highest BCUT2D eigenvalue weighted by molar-refractivity contribution is 5.92. The fraction of sp³-hybridized carbons (Fsp3) is 0.238. The van der Waals surface area contributed by atoms with E-state index in [0.29, 0.717) is 23.3 Å². The first kappa shape index (κ1) is 19.0. The lowest BCUT2D eigenvalue weighted by Crippen LogP contribution is -2.20. The number of alkyl halides is 3. The maximum atomic E-state index is 12.7. The van der Waals surface area contributed by atoms with Gasteiger partial charge >= 0.3 is 11.8 Å². The first-order valence-corrected chi connectivity index (χ1v) is 9.00. The van der Waals surface area contributed by atoms with E-state index in [-0.39, 0.29) is 11.3 Å². The van der Waals surface area contributed by atoms with Gasteiger partial charge in [-0.1, -0.05) is 6.07 Å². The van der Waals surface area contributed by atoms with Crippen molar-refractivity contribution in [2.24, 2.45) is 0 Å². The maximum absolute atomic E-state index is 12.7. The zero-order valence-corrected chi connectivity index (χ0v) is 15.1. The zero-order valence-electron chi connectivity index (χ0n) is 15.1. The first-order valence-electron chi connectivity index (χ1n) is 9.00. The third-order valence-corrected chi connectivity index (χ3v) is 4.79. The first-order chi connectivity index (χ1) is 13.8. The molecule has 0 bridgehead atoms. The Hall–Kier alpha value is -3.29. The average molecular weight is 403 g/mol. The van der Waals surface area contributed by atoms with Gasteiger partial charge in [-0.3, -0.25) is 4.79 Å². The minimum Gasteiger partial charge on any atom is -0.484 e. The van der Waals surface area contributed by atoms with E-state index in [1.54, 1.807) is 12.1 Å². The number of aryl methyl sites for hydroxylation is 1. The average Bonchev–Trinajstić information content (AvgIpc) is 3.16. The van der Waals surface area contributed by atoms with E-state index in [1.807, 2.05) is 0 Å². The number of hydrogen-bond donors (Lipinski definition) is 1. The smallest absolute Gasteiger partial charge is 0.416 e. The number of carbonyl (C=O) groups excluding carboxylic acids is 1. The summed E-state index contributed by atoms with van der Waals surface area (Å²) in [6, 6.07) is 9.32. The number of ether oxygens (including phenoxy) is 1. The molecule has 150 valence electrons. The largest absolute Gasteiger partial charge is 0.484 e. The van der Waals surface area contributed by atoms with Crippen LogP contribution in [0.4, 0.5) is 18.9 Å². The van der Waals surface area contributed by atoms with Gasteiger partial charge in [0.15, 0.2) is 6.61 Å². The Bertz CT molecular complexity index is 1150. The molecule has 29 heavy (non-hydrogen) atoms. The van der Waals surface area contributed by atoms with Crippen molar-refractivity contribution in [3.8, 4) is 5.75 Å². The summed E-state index contributed by atoms with van der Waals surface area (Å²) in [7, 11) is 0. The van der Waals surface area contributed by atoms with Gasteiger partial charge in [0.2, 0.25) is 0 Å². The van der Waals surface area contributed by atoms with Gasteiger partial charge in [0.25, 0.3) is 5.91 Å². The third kappa shape index (κ3) is 3.96. The van der Waals surface area contributed by atoms with E-state index in [1.165, 1.54) is 18.2 Å². The Kier molecular flexibility index (Phi) is 4.77. The molecule has 1 aliphatic carbocycles. The number of rotatable bonds is 4. The highest BCUT2D eigenvalue weighted by Crippen LogP contribution is 2.31. The van der Waals surface area contributed by atoms with Gasteiger partial charge < -0.3 is 14.5 Å². The van der Waals surface area contributed by atoms with Crippen molar-refractivity contribution >= 4 is 22.6 Å². The van der Waals surface area contributed by atoms with E-state index in [9.17, 15) is 22.8 Å². The summed E-state index contributed by atoms with van der Waals surface area (Å²) >= 11 is 0. The molecule has 1 aromatic heterocycles. The summed E-state index contributed by atoms with van der Waals surface area (Å²) in [6.07, 6.45) is -2.06. The van der Waals surface area contributed by atoms with Gasteiger partial charge in [-0.15, -0.1) is 0 Å². The Morgan fingerprint density at radius 3 is 2.69 bits per heavy atom. The second-order valence-electron chi connectivity index (χ2n) is 6.77. The number of halogens is 3. The van der Waals surface area contributed by atoms with Crippen molar-refractivity contribution in [3.63, 3.8) is 0 Å². The SMILES string of the molecule is O=C(COc1ccc2c3c(c(=O)oc2c1)CCC3)Nc1cccc(C(F)(F)F)c1. The highest BCUT2D eigenvalue weighted by Gasteiger charge is 2.30. The molecular weight excluding hydrogens is 387 g/mol. The van der Waals surface area contributed by atoms with Crippen LogP contribution in [0.3, 0.4) is 0 Å². The molecule has 2 aromatic carbocycles. The van der Waals surface area contributed by atoms with Crippen LogP contribution >= 0.6 is 0 Å². The number of anilines is 1. The molecule has 8 heteroatoms. The van der Waals surface area contributed by atoms with Crippen LogP contribution in [0, 0.1) is 0 Å². The fourth-order valence-electron chi connectivity index (χ4n) is 3.47. The monoisotopic (exact) mass is 403 g/mol. The molecule has 5 nitrogen and oxygen atoms in total. The molecule has 3 aromatic rings. The Morgan fingerprint density at radius 1 is 1.10 bits per heavy atom. The molecular formula is C21H16F3NO4. The lowest BCUT2D eigenvalue weighted by molar-refractivity contribution is -0.137. The van der Waals surface area contributed by atoms with Crippen molar-refractivity contribution in [2.45, 2.75) is 25.4 Å². The molecule has 0 aliphatic heterocycles. The standard InChI is InChI=1S/C21H16F3NO4/c22-21(23,24)12-3-1-4-13(9-12)25-19(26)11-28-14-7-8-16-15-5-2-6-17(15)20(27)29-18(16)10-14/h1,3-4,7-10H,2,5-6,11H2,(H,25,26). The van der Waals surface area contributed by atoms with E-state index in [0.717, 1.165) is 35.9 Å². The summed E-state index contributed by atoms with van der Waals surface area (Å²) in [5, 5.41) is 3.21. The topological polar surface area (TPSA) is 68.5 Å². The van der Waals surface area contributed by atoms with Crippen LogP contribution in [0.25, 0.3) is 11.0 Å². The number of nitrogens with one attached hydrogen (secondary N) is 1. The van der Waals surface area contributed by atoms with Gasteiger partial charge in [0.1, 0.15) is 11.3 Å². The van der Waals surface area contributed by atoms with Crippen LogP contribution in [0.15, 0.2) is 51.7 Å². The normalized spacial score (nSPS) is 13.3. The molecule has 0 unspecified atom stereocenters. The van der Waals surface area contributed by atoms with Gasteiger partial charge in [-0.2, -0.15) is 13.2 Å². The lowest BCUT2D eigenvalue weighted by atomic mass is 10.1. The lowest BCUT2D eigenvalue weighted by Gasteiger charge is -2.11. The number of hydrogen-bond acceptors (Lipinski definition) is 4. The molecule has 1 aliphatic rings. The van der Waals surface area contributed by atoms with Crippen molar-refractivity contribution in [3.05, 3.63) is 69.6 Å². The number of amides is 1. The molecule has 0 atom stereocenters. The predicted octanol–water partition coefficient (Wildman–Crippen LogP) is 4.32. The summed E-state index contributed by atoms with van der Waals surface area (Å²) in [5.74, 6) is -0.294. The van der Waals surface area contributed by atoms with Crippen molar-refractivity contribution in [1.29, 1.82) is 0 Å². The molecule has 0 saturated heterocycles. The van der Waals surface area contributed by atoms with Crippen LogP contribution in [0.1, 0.15) is 23.1 Å². The van der Waals surface area contributed by atoms with Crippen LogP contribution in [0.5, 0.6) is 5.75 Å². The van der Waals surface area contributed by atoms with Crippen molar-refractivity contribution in [1.82, 2.24) is 0 Å². The van der Waals surface area contributed by atoms with Crippen molar-refractivity contribution in [2.75, 3.05) is 11.9 Å². The van der Waals surface area contributed by atoms with Gasteiger partial charge in [0.05, 0.1) is 5.56 Å². The van der Waals surface area contributed by atoms with E-state index in [2.05, 4.69) is 5.32 Å². The Morgan fingerprint density at radius 2 is 1.90 bits per heavy atom. The van der Waals surface area contributed by atoms with Crippen LogP contribution in [-0.2, 0) is 23.8 Å². The summed E-state index contributed by atoms with van der Waals surface area (Å²) in [6.45, 7) is -0.406. The Labute approximate surface area is 163 Å². The van der Waals surface area contributed by atoms with Crippen LogP contribution in [-0.4, -0.2) is 12.5 Å². The summed E-state index contributed by atoms with van der Waals surface area (Å²) in [5.41, 5.74) is 0.898. The number of benzene rings is 2. The Balaban J connectivity index is 1.45. The van der Waals surface area contributed by atoms with Crippen molar-refractivity contribution < 1.29 is 27.1 Å². The quantitative estimate of drug-likeness (QED) is 0.659. The molecule has 0 saturated carbocycles. The molecule has 1 heterocycles. The molecule has 1 amide bonds. The second-order valence-corrected chi connectivity index (χ2v) is 6.77. The third-order valence-electron chi connectivity index (χ3n) is 4.79. The second kappa shape index (κ2) is 7.27. The van der Waals surface area contributed by atoms with Gasteiger partial charge in [-0.25, -0.2) is 4.79 Å². The predicted molar refractivity (Wildman–Crippen MR) is 100 cm³/mol. The summed E-state index contributed by atoms with van der Waals surface area (Å²) in [4.78, 5) is 24.1. The molecule has 0 spiro atoms. The summed E-state index contributed by atoms with van der Waals surface area (Å²) < 4.78 is 49.0. The number of fused-ring (bicyclic) bond motifs is 3. The van der Waals surface area contributed by atoms with Crippen LogP contribution in [0.2, 0.25) is 0 Å². The van der Waals surface area contributed by atoms with E-state index < -0.39 is 24.3 Å². The van der Waals surface area contributed by atoms with Gasteiger partial charge in [-0.05, 0) is 55.2 Å². The minimum atomic E-state index is -4.49. The van der Waals surface area contributed by atoms with E-state index >= 15 is 0 Å². The minimum absolute atomic E-state index is 0.0218. The fourth-order valence-corrected chi connectivity index (χ4v) is 3.47. The van der Waals surface area contributed by atoms with E-state index in [4.69, 9.17) is 9.15 Å². The number of carbonyl (C=O) groups is 1. The molecule has 1 N–H and O–H groups in total. The molecule has 0 fully saturated rings. The molecule has 0 radical (unpaired) electrons. The highest BCUT2D eigenvalue weighted by atomic mass is 19.4. The van der Waals surface area contributed by atoms with Crippen LogP contribution < -0.4 is 15.7 Å².